The zero-order valence-electron chi connectivity index (χ0n) is 20.0. The van der Waals surface area contributed by atoms with E-state index in [1.165, 1.54) is 0 Å². The lowest BCUT2D eigenvalue weighted by molar-refractivity contribution is 0.0619. The Morgan fingerprint density at radius 3 is 2.53 bits per heavy atom. The molecule has 4 aromatic heterocycles. The highest BCUT2D eigenvalue weighted by Gasteiger charge is 2.26. The molecule has 0 N–H and O–H groups in total. The zero-order chi connectivity index (χ0) is 24.5. The quantitative estimate of drug-likeness (QED) is 0.361. The number of benzene rings is 1. The smallest absolute Gasteiger partial charge is 0.254 e. The molecular weight excluding hydrogens is 456 g/mol. The van der Waals surface area contributed by atoms with Gasteiger partial charge in [0.2, 0.25) is 0 Å². The Hall–Kier alpha value is -4.24. The molecule has 0 aliphatic carbocycles. The average molecular weight is 483 g/mol. The summed E-state index contributed by atoms with van der Waals surface area (Å²) in [5.41, 5.74) is 3.85. The van der Waals surface area contributed by atoms with E-state index in [-0.39, 0.29) is 5.91 Å². The minimum Gasteiger partial charge on any atom is -0.467 e. The fourth-order valence-electron chi connectivity index (χ4n) is 4.64. The van der Waals surface area contributed by atoms with Crippen LogP contribution in [0.3, 0.4) is 0 Å². The van der Waals surface area contributed by atoms with E-state index in [1.807, 2.05) is 66.4 Å². The Labute approximate surface area is 207 Å². The van der Waals surface area contributed by atoms with Crippen molar-refractivity contribution in [2.75, 3.05) is 26.2 Å². The first kappa shape index (κ1) is 22.2. The number of aromatic nitrogens is 4. The van der Waals surface area contributed by atoms with E-state index >= 15 is 0 Å². The van der Waals surface area contributed by atoms with Crippen LogP contribution in [0.4, 0.5) is 0 Å². The molecule has 1 fully saturated rings. The van der Waals surface area contributed by atoms with Crippen molar-refractivity contribution in [3.05, 3.63) is 89.8 Å². The molecule has 1 aromatic carbocycles. The third-order valence-corrected chi connectivity index (χ3v) is 6.51. The van der Waals surface area contributed by atoms with Crippen molar-refractivity contribution in [2.24, 2.45) is 0 Å². The van der Waals surface area contributed by atoms with Gasteiger partial charge in [-0.2, -0.15) is 5.10 Å². The van der Waals surface area contributed by atoms with Crippen LogP contribution >= 0.6 is 0 Å². The summed E-state index contributed by atoms with van der Waals surface area (Å²) in [7, 11) is 0. The number of carbonyl (C=O) groups excluding carboxylic acids is 1. The fourth-order valence-corrected chi connectivity index (χ4v) is 4.64. The molecular formula is C27H26N6O3. The molecule has 1 amide bonds. The maximum Gasteiger partial charge on any atom is 0.254 e. The van der Waals surface area contributed by atoms with Gasteiger partial charge in [-0.05, 0) is 25.1 Å². The Bertz CT molecular complexity index is 1480. The number of aryl methyl sites for hydroxylation is 1. The Kier molecular flexibility index (Phi) is 5.82. The summed E-state index contributed by atoms with van der Waals surface area (Å²) in [4.78, 5) is 22.9. The average Bonchev–Trinajstić information content (AvgIpc) is 3.67. The first-order valence-corrected chi connectivity index (χ1v) is 12.0. The van der Waals surface area contributed by atoms with Gasteiger partial charge in [0, 0.05) is 37.8 Å². The minimum atomic E-state index is -0.00714. The van der Waals surface area contributed by atoms with Crippen LogP contribution < -0.4 is 0 Å². The van der Waals surface area contributed by atoms with E-state index in [2.05, 4.69) is 15.2 Å². The van der Waals surface area contributed by atoms with Gasteiger partial charge in [-0.15, -0.1) is 0 Å². The molecule has 0 unspecified atom stereocenters. The Balaban J connectivity index is 1.29. The summed E-state index contributed by atoms with van der Waals surface area (Å²) in [6.07, 6.45) is 3.37. The van der Waals surface area contributed by atoms with E-state index in [4.69, 9.17) is 13.9 Å². The van der Waals surface area contributed by atoms with Crippen molar-refractivity contribution < 1.29 is 13.7 Å². The predicted molar refractivity (Wildman–Crippen MR) is 133 cm³/mol. The van der Waals surface area contributed by atoms with Crippen molar-refractivity contribution in [1.29, 1.82) is 0 Å². The van der Waals surface area contributed by atoms with Gasteiger partial charge in [-0.25, -0.2) is 9.67 Å². The lowest BCUT2D eigenvalue weighted by Crippen LogP contribution is -2.48. The number of pyridine rings is 1. The SMILES string of the molecule is Cc1cc(CN2CCN(C(=O)c3cc(-c4ccccc4)nc4c3cnn4Cc3ccco3)CC2)on1. The molecule has 9 nitrogen and oxygen atoms in total. The van der Waals surface area contributed by atoms with E-state index in [9.17, 15) is 4.79 Å². The molecule has 0 atom stereocenters. The zero-order valence-corrected chi connectivity index (χ0v) is 20.0. The van der Waals surface area contributed by atoms with Crippen LogP contribution in [-0.4, -0.2) is 61.8 Å². The van der Waals surface area contributed by atoms with Gasteiger partial charge in [-0.3, -0.25) is 9.69 Å². The van der Waals surface area contributed by atoms with Gasteiger partial charge < -0.3 is 13.8 Å². The van der Waals surface area contributed by atoms with Crippen molar-refractivity contribution in [3.63, 3.8) is 0 Å². The standard InChI is InChI=1S/C27H26N6O3/c1-19-14-22(36-30-19)17-31-9-11-32(12-10-31)27(34)23-15-25(20-6-3-2-4-7-20)29-26-24(23)16-28-33(26)18-21-8-5-13-35-21/h2-8,13-16H,9-12,17-18H2,1H3. The summed E-state index contributed by atoms with van der Waals surface area (Å²) in [6.45, 7) is 5.86. The number of rotatable bonds is 6. The minimum absolute atomic E-state index is 0.00714. The largest absolute Gasteiger partial charge is 0.467 e. The fraction of sp³-hybridized carbons (Fsp3) is 0.259. The van der Waals surface area contributed by atoms with Gasteiger partial charge in [0.05, 0.1) is 41.3 Å². The van der Waals surface area contributed by atoms with Crippen LogP contribution in [0.15, 0.2) is 76.0 Å². The molecule has 5 heterocycles. The molecule has 0 saturated carbocycles. The number of carbonyl (C=O) groups is 1. The summed E-state index contributed by atoms with van der Waals surface area (Å²) in [6, 6.07) is 17.5. The lowest BCUT2D eigenvalue weighted by atomic mass is 10.1. The van der Waals surface area contributed by atoms with Crippen LogP contribution in [0.5, 0.6) is 0 Å². The molecule has 36 heavy (non-hydrogen) atoms. The van der Waals surface area contributed by atoms with Gasteiger partial charge in [0.25, 0.3) is 5.91 Å². The number of hydrogen-bond donors (Lipinski definition) is 0. The second-order valence-electron chi connectivity index (χ2n) is 9.04. The maximum atomic E-state index is 13.8. The van der Waals surface area contributed by atoms with Crippen LogP contribution in [0.25, 0.3) is 22.3 Å². The number of hydrogen-bond acceptors (Lipinski definition) is 7. The Morgan fingerprint density at radius 2 is 1.81 bits per heavy atom. The normalized spacial score (nSPS) is 14.5. The van der Waals surface area contributed by atoms with Gasteiger partial charge >= 0.3 is 0 Å². The highest BCUT2D eigenvalue weighted by Crippen LogP contribution is 2.27. The molecule has 0 bridgehead atoms. The molecule has 0 radical (unpaired) electrons. The summed E-state index contributed by atoms with van der Waals surface area (Å²) in [5.74, 6) is 1.62. The highest BCUT2D eigenvalue weighted by atomic mass is 16.5. The van der Waals surface area contributed by atoms with Crippen LogP contribution in [0, 0.1) is 6.92 Å². The molecule has 5 aromatic rings. The molecule has 6 rings (SSSR count). The monoisotopic (exact) mass is 482 g/mol. The Morgan fingerprint density at radius 1 is 0.972 bits per heavy atom. The second-order valence-corrected chi connectivity index (χ2v) is 9.04. The van der Waals surface area contributed by atoms with Crippen molar-refractivity contribution in [2.45, 2.75) is 20.0 Å². The van der Waals surface area contributed by atoms with Crippen LogP contribution in [0.2, 0.25) is 0 Å². The van der Waals surface area contributed by atoms with Gasteiger partial charge in [-0.1, -0.05) is 35.5 Å². The van der Waals surface area contributed by atoms with E-state index in [0.29, 0.717) is 37.4 Å². The van der Waals surface area contributed by atoms with Crippen molar-refractivity contribution in [3.8, 4) is 11.3 Å². The van der Waals surface area contributed by atoms with Crippen molar-refractivity contribution in [1.82, 2.24) is 29.7 Å². The summed E-state index contributed by atoms with van der Waals surface area (Å²) >= 11 is 0. The lowest BCUT2D eigenvalue weighted by Gasteiger charge is -2.34. The highest BCUT2D eigenvalue weighted by molar-refractivity contribution is 6.06. The third kappa shape index (κ3) is 4.40. The molecule has 9 heteroatoms. The van der Waals surface area contributed by atoms with Gasteiger partial charge in [0.15, 0.2) is 11.4 Å². The third-order valence-electron chi connectivity index (χ3n) is 6.51. The number of nitrogens with zero attached hydrogens (tertiary/aromatic N) is 6. The van der Waals surface area contributed by atoms with E-state index < -0.39 is 0 Å². The van der Waals surface area contributed by atoms with E-state index in [1.54, 1.807) is 17.1 Å². The molecule has 182 valence electrons. The number of amides is 1. The number of piperazine rings is 1. The predicted octanol–water partition coefficient (Wildman–Crippen LogP) is 3.99. The topological polar surface area (TPSA) is 93.4 Å². The molecule has 1 aliphatic heterocycles. The van der Waals surface area contributed by atoms with Crippen LogP contribution in [0.1, 0.15) is 27.6 Å². The maximum absolute atomic E-state index is 13.8. The van der Waals surface area contributed by atoms with E-state index in [0.717, 1.165) is 46.9 Å². The first-order chi connectivity index (χ1) is 17.6. The first-order valence-electron chi connectivity index (χ1n) is 12.0. The summed E-state index contributed by atoms with van der Waals surface area (Å²) in [5, 5.41) is 9.26. The summed E-state index contributed by atoms with van der Waals surface area (Å²) < 4.78 is 12.7. The number of fused-ring (bicyclic) bond motifs is 1. The molecule has 0 spiro atoms. The van der Waals surface area contributed by atoms with Crippen molar-refractivity contribution >= 4 is 16.9 Å². The van der Waals surface area contributed by atoms with Crippen LogP contribution in [-0.2, 0) is 13.1 Å². The van der Waals surface area contributed by atoms with Gasteiger partial charge in [0.1, 0.15) is 12.3 Å². The molecule has 1 aliphatic rings. The number of furan rings is 1. The molecule has 1 saturated heterocycles. The second kappa shape index (κ2) is 9.43.